The third-order valence-corrected chi connectivity index (χ3v) is 5.62. The van der Waals surface area contributed by atoms with Gasteiger partial charge in [0.15, 0.2) is 0 Å². The van der Waals surface area contributed by atoms with Crippen LogP contribution < -0.4 is 11.1 Å². The largest absolute Gasteiger partial charge is 0.398 e. The number of rotatable bonds is 3. The van der Waals surface area contributed by atoms with Crippen LogP contribution >= 0.6 is 11.8 Å². The first-order chi connectivity index (χ1) is 10.1. The second kappa shape index (κ2) is 5.60. The number of hydrogen-bond acceptors (Lipinski definition) is 3. The van der Waals surface area contributed by atoms with Crippen molar-refractivity contribution in [2.75, 3.05) is 18.0 Å². The van der Waals surface area contributed by atoms with Crippen LogP contribution in [0, 0.1) is 0 Å². The number of carbonyl (C=O) groups excluding carboxylic acids is 1. The zero-order valence-electron chi connectivity index (χ0n) is 12.2. The molecule has 110 valence electrons. The number of nitrogens with one attached hydrogen (secondary N) is 1. The van der Waals surface area contributed by atoms with Gasteiger partial charge in [-0.25, -0.2) is 0 Å². The summed E-state index contributed by atoms with van der Waals surface area (Å²) in [5, 5.41) is 5.15. The summed E-state index contributed by atoms with van der Waals surface area (Å²) in [6.07, 6.45) is 2.39. The van der Waals surface area contributed by atoms with Crippen LogP contribution in [0.3, 0.4) is 0 Å². The average molecular weight is 300 g/mol. The molecule has 2 aromatic carbocycles. The summed E-state index contributed by atoms with van der Waals surface area (Å²) < 4.78 is 0.168. The zero-order chi connectivity index (χ0) is 14.9. The van der Waals surface area contributed by atoms with Gasteiger partial charge in [0.1, 0.15) is 0 Å². The molecule has 2 aromatic rings. The molecule has 0 aliphatic carbocycles. The summed E-state index contributed by atoms with van der Waals surface area (Å²) in [6.45, 7) is 2.91. The van der Waals surface area contributed by atoms with E-state index in [1.807, 2.05) is 48.2 Å². The third-order valence-electron chi connectivity index (χ3n) is 4.09. The average Bonchev–Trinajstić information content (AvgIpc) is 2.91. The van der Waals surface area contributed by atoms with Gasteiger partial charge < -0.3 is 11.1 Å². The van der Waals surface area contributed by atoms with Gasteiger partial charge in [-0.3, -0.25) is 4.79 Å². The van der Waals surface area contributed by atoms with E-state index in [0.29, 0.717) is 17.8 Å². The minimum Gasteiger partial charge on any atom is -0.398 e. The van der Waals surface area contributed by atoms with E-state index in [9.17, 15) is 4.79 Å². The molecule has 1 amide bonds. The van der Waals surface area contributed by atoms with Crippen molar-refractivity contribution in [1.29, 1.82) is 0 Å². The highest BCUT2D eigenvalue weighted by molar-refractivity contribution is 8.00. The lowest BCUT2D eigenvalue weighted by atomic mass is 10.0. The number of nitrogens with two attached hydrogens (primary N) is 1. The molecule has 1 atom stereocenters. The van der Waals surface area contributed by atoms with Crippen molar-refractivity contribution >= 4 is 34.1 Å². The van der Waals surface area contributed by atoms with Gasteiger partial charge in [-0.1, -0.05) is 24.3 Å². The summed E-state index contributed by atoms with van der Waals surface area (Å²) in [7, 11) is 0. The summed E-state index contributed by atoms with van der Waals surface area (Å²) >= 11 is 1.94. The number of hydrogen-bond donors (Lipinski definition) is 2. The van der Waals surface area contributed by atoms with Crippen LogP contribution in [0.2, 0.25) is 0 Å². The minimum absolute atomic E-state index is 0.0769. The van der Waals surface area contributed by atoms with Crippen LogP contribution in [0.4, 0.5) is 5.69 Å². The monoisotopic (exact) mass is 300 g/mol. The molecule has 1 unspecified atom stereocenters. The second-order valence-corrected chi connectivity index (χ2v) is 7.55. The van der Waals surface area contributed by atoms with Crippen LogP contribution in [0.5, 0.6) is 0 Å². The third kappa shape index (κ3) is 3.00. The Morgan fingerprint density at radius 1 is 1.33 bits per heavy atom. The number of thioether (sulfide) groups is 1. The number of anilines is 1. The Kier molecular flexibility index (Phi) is 3.81. The maximum Gasteiger partial charge on any atom is 0.253 e. The van der Waals surface area contributed by atoms with Gasteiger partial charge in [-0.2, -0.15) is 11.8 Å². The molecule has 1 fully saturated rings. The summed E-state index contributed by atoms with van der Waals surface area (Å²) in [4.78, 5) is 12.4. The van der Waals surface area contributed by atoms with E-state index in [-0.39, 0.29) is 10.7 Å². The lowest BCUT2D eigenvalue weighted by Crippen LogP contribution is -2.37. The molecule has 1 aliphatic rings. The smallest absolute Gasteiger partial charge is 0.253 e. The highest BCUT2D eigenvalue weighted by Crippen LogP contribution is 2.37. The van der Waals surface area contributed by atoms with E-state index in [0.717, 1.165) is 17.2 Å². The normalized spacial score (nSPS) is 21.6. The number of fused-ring (bicyclic) bond motifs is 1. The molecular weight excluding hydrogens is 280 g/mol. The van der Waals surface area contributed by atoms with Crippen molar-refractivity contribution in [1.82, 2.24) is 5.32 Å². The first-order valence-electron chi connectivity index (χ1n) is 7.28. The van der Waals surface area contributed by atoms with E-state index >= 15 is 0 Å². The molecule has 0 aromatic heterocycles. The van der Waals surface area contributed by atoms with Crippen LogP contribution in [0.15, 0.2) is 36.4 Å². The van der Waals surface area contributed by atoms with E-state index < -0.39 is 0 Å². The quantitative estimate of drug-likeness (QED) is 0.854. The van der Waals surface area contributed by atoms with Crippen LogP contribution in [-0.4, -0.2) is 23.0 Å². The van der Waals surface area contributed by atoms with Crippen molar-refractivity contribution in [3.8, 4) is 0 Å². The molecule has 4 heteroatoms. The van der Waals surface area contributed by atoms with Crippen molar-refractivity contribution in [3.63, 3.8) is 0 Å². The van der Waals surface area contributed by atoms with E-state index in [4.69, 9.17) is 5.73 Å². The van der Waals surface area contributed by atoms with Crippen molar-refractivity contribution in [2.45, 2.75) is 24.5 Å². The molecule has 0 radical (unpaired) electrons. The first-order valence-corrected chi connectivity index (χ1v) is 8.26. The Hall–Kier alpha value is -1.68. The fourth-order valence-corrected chi connectivity index (χ4v) is 4.04. The number of amides is 1. The Morgan fingerprint density at radius 2 is 2.05 bits per heavy atom. The van der Waals surface area contributed by atoms with Gasteiger partial charge in [-0.05, 0) is 48.4 Å². The van der Waals surface area contributed by atoms with Crippen molar-refractivity contribution in [3.05, 3.63) is 42.0 Å². The van der Waals surface area contributed by atoms with Gasteiger partial charge in [0.2, 0.25) is 0 Å². The zero-order valence-corrected chi connectivity index (χ0v) is 13.0. The van der Waals surface area contributed by atoms with E-state index in [2.05, 4.69) is 12.2 Å². The number of benzene rings is 2. The Balaban J connectivity index is 1.79. The lowest BCUT2D eigenvalue weighted by Gasteiger charge is -2.23. The van der Waals surface area contributed by atoms with Gasteiger partial charge in [-0.15, -0.1) is 0 Å². The maximum atomic E-state index is 12.4. The van der Waals surface area contributed by atoms with E-state index in [1.165, 1.54) is 12.2 Å². The predicted octanol–water partition coefficient (Wildman–Crippen LogP) is 3.44. The second-order valence-electron chi connectivity index (χ2n) is 5.87. The fraction of sp³-hybridized carbons (Fsp3) is 0.353. The lowest BCUT2D eigenvalue weighted by molar-refractivity contribution is 0.0951. The maximum absolute atomic E-state index is 12.4. The summed E-state index contributed by atoms with van der Waals surface area (Å²) in [5.41, 5.74) is 7.15. The Labute approximate surface area is 129 Å². The van der Waals surface area contributed by atoms with Crippen molar-refractivity contribution in [2.24, 2.45) is 0 Å². The topological polar surface area (TPSA) is 55.1 Å². The Morgan fingerprint density at radius 3 is 2.71 bits per heavy atom. The van der Waals surface area contributed by atoms with Gasteiger partial charge >= 0.3 is 0 Å². The predicted molar refractivity (Wildman–Crippen MR) is 90.8 cm³/mol. The van der Waals surface area contributed by atoms with Crippen LogP contribution in [0.25, 0.3) is 10.8 Å². The molecule has 3 N–H and O–H groups in total. The first kappa shape index (κ1) is 14.3. The minimum atomic E-state index is -0.0769. The van der Waals surface area contributed by atoms with Gasteiger partial charge in [0, 0.05) is 17.0 Å². The highest BCUT2D eigenvalue weighted by Gasteiger charge is 2.30. The molecule has 3 rings (SSSR count). The summed E-state index contributed by atoms with van der Waals surface area (Å²) in [5.74, 6) is 1.11. The molecule has 0 saturated carbocycles. The van der Waals surface area contributed by atoms with Crippen molar-refractivity contribution < 1.29 is 4.79 Å². The summed E-state index contributed by atoms with van der Waals surface area (Å²) in [6, 6.07) is 11.7. The molecular formula is C17H20N2OS. The van der Waals surface area contributed by atoms with Crippen LogP contribution in [-0.2, 0) is 0 Å². The number of nitrogen functional groups attached to an aromatic ring is 1. The Bertz CT molecular complexity index is 678. The van der Waals surface area contributed by atoms with Gasteiger partial charge in [0.05, 0.1) is 5.56 Å². The molecule has 3 nitrogen and oxygen atoms in total. The molecule has 0 spiro atoms. The standard InChI is InChI=1S/C17H20N2OS/c1-17(7-4-8-21-17)11-19-16(20)14-9-12-5-2-3-6-13(12)10-15(14)18/h2-3,5-6,9-10H,4,7-8,11,18H2,1H3,(H,19,20). The molecule has 1 aliphatic heterocycles. The molecule has 1 heterocycles. The fourth-order valence-electron chi connectivity index (χ4n) is 2.79. The molecule has 1 saturated heterocycles. The number of carbonyl (C=O) groups is 1. The van der Waals surface area contributed by atoms with Crippen LogP contribution in [0.1, 0.15) is 30.1 Å². The molecule has 21 heavy (non-hydrogen) atoms. The molecule has 0 bridgehead atoms. The van der Waals surface area contributed by atoms with E-state index in [1.54, 1.807) is 0 Å². The highest BCUT2D eigenvalue weighted by atomic mass is 32.2. The van der Waals surface area contributed by atoms with Gasteiger partial charge in [0.25, 0.3) is 5.91 Å². The SMILES string of the molecule is CC1(CNC(=O)c2cc3ccccc3cc2N)CCCS1.